The van der Waals surface area contributed by atoms with Crippen LogP contribution in [0.4, 0.5) is 0 Å². The third-order valence-electron chi connectivity index (χ3n) is 4.72. The van der Waals surface area contributed by atoms with Crippen molar-refractivity contribution in [1.29, 1.82) is 0 Å². The molecular formula is C23H21N3O2. The smallest absolute Gasteiger partial charge is 0.254 e. The normalized spacial score (nSPS) is 12.0. The van der Waals surface area contributed by atoms with Crippen LogP contribution in [0.15, 0.2) is 84.9 Å². The fourth-order valence-electron chi connectivity index (χ4n) is 3.42. The van der Waals surface area contributed by atoms with Gasteiger partial charge < -0.3 is 15.0 Å². The molecule has 0 aliphatic rings. The number of H-pyrrole nitrogens is 1. The number of aromatic nitrogens is 2. The molecule has 5 nitrogen and oxygen atoms in total. The lowest BCUT2D eigenvalue weighted by Crippen LogP contribution is -2.38. The lowest BCUT2D eigenvalue weighted by Gasteiger charge is -2.30. The maximum absolute atomic E-state index is 13.3. The maximum atomic E-state index is 13.3. The number of hydrogen-bond donors (Lipinski definition) is 2. The van der Waals surface area contributed by atoms with Crippen molar-refractivity contribution in [3.63, 3.8) is 0 Å². The van der Waals surface area contributed by atoms with Gasteiger partial charge in [-0.2, -0.15) is 0 Å². The summed E-state index contributed by atoms with van der Waals surface area (Å²) in [6.45, 7) is 0.0620. The first-order chi connectivity index (χ1) is 13.8. The van der Waals surface area contributed by atoms with Gasteiger partial charge in [0.25, 0.3) is 5.91 Å². The molecule has 1 atom stereocenters. The Balaban J connectivity index is 1.84. The zero-order chi connectivity index (χ0) is 19.3. The maximum Gasteiger partial charge on any atom is 0.254 e. The number of aromatic amines is 1. The van der Waals surface area contributed by atoms with Crippen LogP contribution in [0.3, 0.4) is 0 Å². The highest BCUT2D eigenvalue weighted by molar-refractivity contribution is 5.94. The van der Waals surface area contributed by atoms with Crippen LogP contribution in [0.5, 0.6) is 0 Å². The number of carbonyl (C=O) groups is 1. The van der Waals surface area contributed by atoms with E-state index in [9.17, 15) is 9.90 Å². The van der Waals surface area contributed by atoms with E-state index < -0.39 is 6.04 Å². The average Bonchev–Trinajstić information content (AvgIpc) is 3.18. The fraction of sp³-hybridized carbons (Fsp3) is 0.130. The molecule has 1 heterocycles. The van der Waals surface area contributed by atoms with E-state index in [1.54, 1.807) is 17.0 Å². The van der Waals surface area contributed by atoms with Crippen molar-refractivity contribution >= 4 is 16.9 Å². The van der Waals surface area contributed by atoms with Crippen LogP contribution in [0.25, 0.3) is 11.0 Å². The molecule has 0 spiro atoms. The summed E-state index contributed by atoms with van der Waals surface area (Å²) in [5.41, 5.74) is 3.26. The predicted octanol–water partition coefficient (Wildman–Crippen LogP) is 3.79. The molecule has 4 aromatic rings. The first-order valence-corrected chi connectivity index (χ1v) is 9.24. The summed E-state index contributed by atoms with van der Waals surface area (Å²) < 4.78 is 0. The number of imidazole rings is 1. The summed E-state index contributed by atoms with van der Waals surface area (Å²) in [7, 11) is 0. The SMILES string of the molecule is O=C(c1ccccc1)N(CCO)C(c1ccccc1)c1nc2ccccc2[nH]1. The lowest BCUT2D eigenvalue weighted by atomic mass is 10.0. The Kier molecular flexibility index (Phi) is 5.17. The zero-order valence-corrected chi connectivity index (χ0v) is 15.3. The fourth-order valence-corrected chi connectivity index (χ4v) is 3.42. The molecule has 1 amide bonds. The van der Waals surface area contributed by atoms with Crippen LogP contribution >= 0.6 is 0 Å². The monoisotopic (exact) mass is 371 g/mol. The van der Waals surface area contributed by atoms with Crippen molar-refractivity contribution in [2.24, 2.45) is 0 Å². The molecule has 0 radical (unpaired) electrons. The van der Waals surface area contributed by atoms with Gasteiger partial charge in [0.05, 0.1) is 17.6 Å². The molecule has 0 aliphatic carbocycles. The predicted molar refractivity (Wildman–Crippen MR) is 109 cm³/mol. The second-order valence-electron chi connectivity index (χ2n) is 6.54. The minimum Gasteiger partial charge on any atom is -0.395 e. The van der Waals surface area contributed by atoms with Gasteiger partial charge in [-0.05, 0) is 29.8 Å². The number of aliphatic hydroxyl groups is 1. The number of amides is 1. The van der Waals surface area contributed by atoms with E-state index in [-0.39, 0.29) is 19.1 Å². The largest absolute Gasteiger partial charge is 0.395 e. The second-order valence-corrected chi connectivity index (χ2v) is 6.54. The van der Waals surface area contributed by atoms with Crippen LogP contribution in [0.2, 0.25) is 0 Å². The van der Waals surface area contributed by atoms with E-state index in [2.05, 4.69) is 4.98 Å². The standard InChI is InChI=1S/C23H21N3O2/c27-16-15-26(23(28)18-11-5-2-6-12-18)21(17-9-3-1-4-10-17)22-24-19-13-7-8-14-20(19)25-22/h1-14,21,27H,15-16H2,(H,24,25). The second kappa shape index (κ2) is 8.06. The summed E-state index contributed by atoms with van der Waals surface area (Å²) >= 11 is 0. The Morgan fingerprint density at radius 3 is 2.25 bits per heavy atom. The van der Waals surface area contributed by atoms with Gasteiger partial charge in [-0.1, -0.05) is 60.7 Å². The number of nitrogens with zero attached hydrogens (tertiary/aromatic N) is 2. The summed E-state index contributed by atoms with van der Waals surface area (Å²) in [5, 5.41) is 9.69. The zero-order valence-electron chi connectivity index (χ0n) is 15.3. The van der Waals surface area contributed by atoms with Gasteiger partial charge in [-0.3, -0.25) is 4.79 Å². The Labute approximate surface area is 163 Å². The molecule has 28 heavy (non-hydrogen) atoms. The third kappa shape index (κ3) is 3.52. The molecule has 140 valence electrons. The number of benzene rings is 3. The van der Waals surface area contributed by atoms with Gasteiger partial charge in [0, 0.05) is 12.1 Å². The quantitative estimate of drug-likeness (QED) is 0.542. The Morgan fingerprint density at radius 1 is 0.929 bits per heavy atom. The number of nitrogens with one attached hydrogen (secondary N) is 1. The van der Waals surface area contributed by atoms with E-state index in [1.165, 1.54) is 0 Å². The molecule has 0 saturated carbocycles. The van der Waals surface area contributed by atoms with Crippen molar-refractivity contribution in [1.82, 2.24) is 14.9 Å². The highest BCUT2D eigenvalue weighted by Gasteiger charge is 2.29. The average molecular weight is 371 g/mol. The molecule has 1 aromatic heterocycles. The lowest BCUT2D eigenvalue weighted by molar-refractivity contribution is 0.0659. The highest BCUT2D eigenvalue weighted by atomic mass is 16.3. The molecule has 0 fully saturated rings. The van der Waals surface area contributed by atoms with Gasteiger partial charge in [-0.15, -0.1) is 0 Å². The molecule has 5 heteroatoms. The van der Waals surface area contributed by atoms with Crippen molar-refractivity contribution in [3.8, 4) is 0 Å². The Hall–Kier alpha value is -3.44. The number of fused-ring (bicyclic) bond motifs is 1. The first-order valence-electron chi connectivity index (χ1n) is 9.24. The van der Waals surface area contributed by atoms with Crippen LogP contribution in [-0.2, 0) is 0 Å². The van der Waals surface area contributed by atoms with Gasteiger partial charge in [-0.25, -0.2) is 4.98 Å². The summed E-state index contributed by atoms with van der Waals surface area (Å²) in [5.74, 6) is 0.522. The number of carbonyl (C=O) groups excluding carboxylic acids is 1. The number of aliphatic hydroxyl groups excluding tert-OH is 1. The summed E-state index contributed by atoms with van der Waals surface area (Å²) in [4.78, 5) is 23.1. The Bertz CT molecular complexity index is 1030. The van der Waals surface area contributed by atoms with Crippen molar-refractivity contribution in [2.75, 3.05) is 13.2 Å². The van der Waals surface area contributed by atoms with Crippen molar-refractivity contribution in [2.45, 2.75) is 6.04 Å². The molecule has 3 aromatic carbocycles. The van der Waals surface area contributed by atoms with Crippen LogP contribution < -0.4 is 0 Å². The number of hydrogen-bond acceptors (Lipinski definition) is 3. The van der Waals surface area contributed by atoms with E-state index in [0.717, 1.165) is 16.6 Å². The van der Waals surface area contributed by atoms with E-state index in [1.807, 2.05) is 72.8 Å². The minimum absolute atomic E-state index is 0.137. The molecular weight excluding hydrogens is 350 g/mol. The van der Waals surface area contributed by atoms with Crippen molar-refractivity contribution < 1.29 is 9.90 Å². The molecule has 1 unspecified atom stereocenters. The number of rotatable bonds is 6. The molecule has 2 N–H and O–H groups in total. The highest BCUT2D eigenvalue weighted by Crippen LogP contribution is 2.29. The summed E-state index contributed by atoms with van der Waals surface area (Å²) in [6.07, 6.45) is 0. The first kappa shape index (κ1) is 17.9. The van der Waals surface area contributed by atoms with Crippen LogP contribution in [-0.4, -0.2) is 39.0 Å². The third-order valence-corrected chi connectivity index (χ3v) is 4.72. The van der Waals surface area contributed by atoms with Crippen molar-refractivity contribution in [3.05, 3.63) is 102 Å². The minimum atomic E-state index is -0.437. The molecule has 4 rings (SSSR count). The molecule has 0 aliphatic heterocycles. The molecule has 0 saturated heterocycles. The van der Waals surface area contributed by atoms with E-state index in [0.29, 0.717) is 11.4 Å². The van der Waals surface area contributed by atoms with Gasteiger partial charge >= 0.3 is 0 Å². The topological polar surface area (TPSA) is 69.2 Å². The van der Waals surface area contributed by atoms with Gasteiger partial charge in [0.1, 0.15) is 11.9 Å². The summed E-state index contributed by atoms with van der Waals surface area (Å²) in [6, 6.07) is 26.2. The molecule has 0 bridgehead atoms. The van der Waals surface area contributed by atoms with Gasteiger partial charge in [0.15, 0.2) is 0 Å². The van der Waals surface area contributed by atoms with Crippen LogP contribution in [0.1, 0.15) is 27.8 Å². The van der Waals surface area contributed by atoms with Gasteiger partial charge in [0.2, 0.25) is 0 Å². The van der Waals surface area contributed by atoms with E-state index >= 15 is 0 Å². The number of para-hydroxylation sites is 2. The van der Waals surface area contributed by atoms with E-state index in [4.69, 9.17) is 4.98 Å². The van der Waals surface area contributed by atoms with Crippen LogP contribution in [0, 0.1) is 0 Å². The Morgan fingerprint density at radius 2 is 1.57 bits per heavy atom.